The number of hydrogen-bond donors (Lipinski definition) is 2. The summed E-state index contributed by atoms with van der Waals surface area (Å²) in [6.07, 6.45) is 3.21. The minimum atomic E-state index is -3.29. The maximum Gasteiger partial charge on any atom is 0.250 e. The van der Waals surface area contributed by atoms with E-state index in [0.717, 1.165) is 6.42 Å². The summed E-state index contributed by atoms with van der Waals surface area (Å²) in [7, 11) is -3.29. The van der Waals surface area contributed by atoms with Crippen molar-refractivity contribution < 1.29 is 13.2 Å². The van der Waals surface area contributed by atoms with Crippen molar-refractivity contribution in [3.63, 3.8) is 0 Å². The molecule has 1 aromatic carbocycles. The average molecular weight is 310 g/mol. The van der Waals surface area contributed by atoms with Gasteiger partial charge in [0.2, 0.25) is 10.0 Å². The Hall–Kier alpha value is -1.82. The lowest BCUT2D eigenvalue weighted by molar-refractivity contribution is -0.112. The second kappa shape index (κ2) is 7.83. The number of nitrogens with one attached hydrogen (secondary N) is 2. The summed E-state index contributed by atoms with van der Waals surface area (Å²) in [4.78, 5) is 11.8. The molecule has 0 unspecified atom stereocenters. The van der Waals surface area contributed by atoms with E-state index in [1.807, 2.05) is 19.9 Å². The minimum absolute atomic E-state index is 0.0898. The summed E-state index contributed by atoms with van der Waals surface area (Å²) in [5.41, 5.74) is 1.77. The van der Waals surface area contributed by atoms with E-state index >= 15 is 0 Å². The number of amides is 1. The van der Waals surface area contributed by atoms with E-state index in [1.165, 1.54) is 0 Å². The van der Waals surface area contributed by atoms with Crippen LogP contribution in [0.2, 0.25) is 0 Å². The molecule has 6 heteroatoms. The fraction of sp³-hybridized carbons (Fsp3) is 0.400. The quantitative estimate of drug-likeness (QED) is 0.760. The van der Waals surface area contributed by atoms with Crippen molar-refractivity contribution in [3.05, 3.63) is 35.9 Å². The number of hydrogen-bond acceptors (Lipinski definition) is 3. The predicted molar refractivity (Wildman–Crippen MR) is 86.8 cm³/mol. The molecule has 0 aliphatic rings. The molecule has 0 spiro atoms. The van der Waals surface area contributed by atoms with Crippen molar-refractivity contribution in [2.24, 2.45) is 0 Å². The Morgan fingerprint density at radius 1 is 1.14 bits per heavy atom. The van der Waals surface area contributed by atoms with Crippen LogP contribution in [0.25, 0.3) is 0 Å². The van der Waals surface area contributed by atoms with Crippen LogP contribution in [0.15, 0.2) is 35.9 Å². The molecule has 0 aliphatic heterocycles. The van der Waals surface area contributed by atoms with Crippen LogP contribution < -0.4 is 10.0 Å². The van der Waals surface area contributed by atoms with Gasteiger partial charge in [-0.25, -0.2) is 8.42 Å². The van der Waals surface area contributed by atoms with Gasteiger partial charge in [-0.3, -0.25) is 9.52 Å². The highest BCUT2D eigenvalue weighted by molar-refractivity contribution is 7.92. The van der Waals surface area contributed by atoms with E-state index in [1.54, 1.807) is 31.2 Å². The van der Waals surface area contributed by atoms with Gasteiger partial charge >= 0.3 is 0 Å². The molecule has 116 valence electrons. The molecule has 2 N–H and O–H groups in total. The summed E-state index contributed by atoms with van der Waals surface area (Å²) in [6.45, 7) is 5.53. The third-order valence-electron chi connectivity index (χ3n) is 2.76. The largest absolute Gasteiger partial charge is 0.322 e. The lowest BCUT2D eigenvalue weighted by Gasteiger charge is -2.09. The van der Waals surface area contributed by atoms with E-state index in [2.05, 4.69) is 10.0 Å². The van der Waals surface area contributed by atoms with E-state index in [0.29, 0.717) is 23.4 Å². The Labute approximate surface area is 126 Å². The first-order valence-electron chi connectivity index (χ1n) is 6.96. The van der Waals surface area contributed by atoms with Crippen LogP contribution in [-0.4, -0.2) is 20.1 Å². The molecule has 0 saturated heterocycles. The molecule has 1 aromatic rings. The smallest absolute Gasteiger partial charge is 0.250 e. The van der Waals surface area contributed by atoms with Gasteiger partial charge in [0.05, 0.1) is 5.75 Å². The fourth-order valence-corrected chi connectivity index (χ4v) is 2.88. The summed E-state index contributed by atoms with van der Waals surface area (Å²) in [6, 6.07) is 6.59. The molecule has 0 aromatic heterocycles. The van der Waals surface area contributed by atoms with Gasteiger partial charge < -0.3 is 5.32 Å². The van der Waals surface area contributed by atoms with E-state index < -0.39 is 10.0 Å². The SMILES string of the molecule is CCC=C(C)C(=O)Nc1ccc(NS(=O)(=O)CCC)cc1. The molecular formula is C15H22N2O3S. The molecule has 0 heterocycles. The van der Waals surface area contributed by atoms with Crippen molar-refractivity contribution in [2.75, 3.05) is 15.8 Å². The van der Waals surface area contributed by atoms with E-state index in [4.69, 9.17) is 0 Å². The Bertz CT molecular complexity index is 604. The van der Waals surface area contributed by atoms with Crippen LogP contribution in [0.5, 0.6) is 0 Å². The van der Waals surface area contributed by atoms with Crippen LogP contribution in [0.4, 0.5) is 11.4 Å². The minimum Gasteiger partial charge on any atom is -0.322 e. The normalized spacial score (nSPS) is 12.0. The van der Waals surface area contributed by atoms with Gasteiger partial charge in [-0.2, -0.15) is 0 Å². The number of carbonyl (C=O) groups is 1. The van der Waals surface area contributed by atoms with Gasteiger partial charge in [-0.05, 0) is 44.0 Å². The molecule has 0 radical (unpaired) electrons. The van der Waals surface area contributed by atoms with Crippen LogP contribution in [-0.2, 0) is 14.8 Å². The zero-order valence-electron chi connectivity index (χ0n) is 12.6. The maximum atomic E-state index is 11.8. The molecule has 21 heavy (non-hydrogen) atoms. The first-order chi connectivity index (χ1) is 9.88. The van der Waals surface area contributed by atoms with Gasteiger partial charge in [-0.15, -0.1) is 0 Å². The third-order valence-corrected chi connectivity index (χ3v) is 4.25. The molecule has 0 aliphatic carbocycles. The van der Waals surface area contributed by atoms with Gasteiger partial charge in [-0.1, -0.05) is 19.9 Å². The molecule has 0 atom stereocenters. The summed E-state index contributed by atoms with van der Waals surface area (Å²) in [5, 5.41) is 2.76. The number of carbonyl (C=O) groups excluding carboxylic acids is 1. The molecule has 1 amide bonds. The van der Waals surface area contributed by atoms with Crippen molar-refractivity contribution >= 4 is 27.3 Å². The highest BCUT2D eigenvalue weighted by Crippen LogP contribution is 2.16. The van der Waals surface area contributed by atoms with Crippen molar-refractivity contribution in [1.82, 2.24) is 0 Å². The van der Waals surface area contributed by atoms with Crippen molar-refractivity contribution in [1.29, 1.82) is 0 Å². The zero-order chi connectivity index (χ0) is 15.9. The molecule has 0 fully saturated rings. The molecular weight excluding hydrogens is 288 g/mol. The first kappa shape index (κ1) is 17.2. The average Bonchev–Trinajstić information content (AvgIpc) is 2.40. The van der Waals surface area contributed by atoms with Gasteiger partial charge in [0.25, 0.3) is 5.91 Å². The lowest BCUT2D eigenvalue weighted by Crippen LogP contribution is -2.16. The van der Waals surface area contributed by atoms with Gasteiger partial charge in [0.1, 0.15) is 0 Å². The Morgan fingerprint density at radius 3 is 2.24 bits per heavy atom. The number of anilines is 2. The van der Waals surface area contributed by atoms with Crippen molar-refractivity contribution in [2.45, 2.75) is 33.6 Å². The number of allylic oxidation sites excluding steroid dienone is 1. The standard InChI is InChI=1S/C15H22N2O3S/c1-4-6-12(3)15(18)16-13-7-9-14(10-8-13)17-21(19,20)11-5-2/h6-10,17H,4-5,11H2,1-3H3,(H,16,18). The van der Waals surface area contributed by atoms with Crippen LogP contribution in [0.3, 0.4) is 0 Å². The number of benzene rings is 1. The molecule has 0 bridgehead atoms. The van der Waals surface area contributed by atoms with Crippen LogP contribution in [0.1, 0.15) is 33.6 Å². The van der Waals surface area contributed by atoms with Crippen molar-refractivity contribution in [3.8, 4) is 0 Å². The zero-order valence-corrected chi connectivity index (χ0v) is 13.5. The van der Waals surface area contributed by atoms with Crippen LogP contribution >= 0.6 is 0 Å². The molecule has 0 saturated carbocycles. The predicted octanol–water partition coefficient (Wildman–Crippen LogP) is 3.13. The summed E-state index contributed by atoms with van der Waals surface area (Å²) in [5.74, 6) is -0.0666. The Kier molecular flexibility index (Phi) is 6.42. The van der Waals surface area contributed by atoms with Gasteiger partial charge in [0, 0.05) is 16.9 Å². The Balaban J connectivity index is 2.71. The lowest BCUT2D eigenvalue weighted by atomic mass is 10.2. The number of sulfonamides is 1. The second-order valence-corrected chi connectivity index (χ2v) is 6.59. The molecule has 5 nitrogen and oxygen atoms in total. The second-order valence-electron chi connectivity index (χ2n) is 4.75. The third kappa shape index (κ3) is 5.99. The highest BCUT2D eigenvalue weighted by atomic mass is 32.2. The fourth-order valence-electron chi connectivity index (χ4n) is 1.75. The summed E-state index contributed by atoms with van der Waals surface area (Å²) >= 11 is 0. The molecule has 1 rings (SSSR count). The maximum absolute atomic E-state index is 11.8. The topological polar surface area (TPSA) is 75.3 Å². The highest BCUT2D eigenvalue weighted by Gasteiger charge is 2.09. The van der Waals surface area contributed by atoms with E-state index in [9.17, 15) is 13.2 Å². The Morgan fingerprint density at radius 2 is 1.71 bits per heavy atom. The number of rotatable bonds is 7. The summed E-state index contributed by atoms with van der Waals surface area (Å²) < 4.78 is 25.8. The van der Waals surface area contributed by atoms with Crippen LogP contribution in [0, 0.1) is 0 Å². The first-order valence-corrected chi connectivity index (χ1v) is 8.62. The van der Waals surface area contributed by atoms with Gasteiger partial charge in [0.15, 0.2) is 0 Å². The monoisotopic (exact) mass is 310 g/mol. The van der Waals surface area contributed by atoms with E-state index in [-0.39, 0.29) is 11.7 Å².